The summed E-state index contributed by atoms with van der Waals surface area (Å²) >= 11 is 0. The first kappa shape index (κ1) is 16.8. The smallest absolute Gasteiger partial charge is 0.127 e. The van der Waals surface area contributed by atoms with Crippen molar-refractivity contribution in [3.05, 3.63) is 101 Å². The third-order valence-corrected chi connectivity index (χ3v) is 4.00. The van der Waals surface area contributed by atoms with Crippen LogP contribution in [0.2, 0.25) is 0 Å². The molecule has 0 radical (unpaired) electrons. The van der Waals surface area contributed by atoms with Gasteiger partial charge in [-0.15, -0.1) is 0 Å². The van der Waals surface area contributed by atoms with Crippen molar-refractivity contribution in [3.63, 3.8) is 0 Å². The van der Waals surface area contributed by atoms with Crippen molar-refractivity contribution < 1.29 is 9.84 Å². The summed E-state index contributed by atoms with van der Waals surface area (Å²) in [6.45, 7) is 2.44. The molecule has 2 heteroatoms. The average molecular weight is 330 g/mol. The van der Waals surface area contributed by atoms with E-state index in [0.717, 1.165) is 28.0 Å². The molecule has 126 valence electrons. The molecular formula is C23H22O2. The van der Waals surface area contributed by atoms with Gasteiger partial charge < -0.3 is 9.84 Å². The third-order valence-electron chi connectivity index (χ3n) is 4.00. The van der Waals surface area contributed by atoms with Crippen molar-refractivity contribution in [1.82, 2.24) is 0 Å². The van der Waals surface area contributed by atoms with E-state index < -0.39 is 0 Å². The van der Waals surface area contributed by atoms with Crippen LogP contribution >= 0.6 is 0 Å². The largest absolute Gasteiger partial charge is 0.508 e. The van der Waals surface area contributed by atoms with E-state index in [1.54, 1.807) is 6.07 Å². The second-order valence-electron chi connectivity index (χ2n) is 6.05. The third kappa shape index (κ3) is 4.74. The molecule has 0 atom stereocenters. The van der Waals surface area contributed by atoms with Gasteiger partial charge in [0.25, 0.3) is 0 Å². The molecule has 0 amide bonds. The molecule has 0 saturated carbocycles. The quantitative estimate of drug-likeness (QED) is 0.643. The van der Waals surface area contributed by atoms with E-state index >= 15 is 0 Å². The van der Waals surface area contributed by atoms with Crippen molar-refractivity contribution >= 4 is 6.08 Å². The number of ether oxygens (including phenoxy) is 1. The minimum absolute atomic E-state index is 0.278. The lowest BCUT2D eigenvalue weighted by atomic mass is 10.1. The standard InChI is InChI=1S/C23H22O2/c1-18-15-22(24)21(14-8-13-19-9-4-2-5-10-19)23(16-18)25-17-20-11-6-3-7-12-20/h2-13,15-16,24H,14,17H2,1H3/b13-8+. The first-order valence-electron chi connectivity index (χ1n) is 8.43. The Morgan fingerprint density at radius 1 is 0.920 bits per heavy atom. The van der Waals surface area contributed by atoms with Gasteiger partial charge in [0.1, 0.15) is 18.1 Å². The maximum Gasteiger partial charge on any atom is 0.127 e. The van der Waals surface area contributed by atoms with E-state index in [4.69, 9.17) is 4.74 Å². The van der Waals surface area contributed by atoms with Gasteiger partial charge in [0.15, 0.2) is 0 Å². The number of aromatic hydroxyl groups is 1. The Balaban J connectivity index is 1.76. The van der Waals surface area contributed by atoms with Crippen LogP contribution in [-0.4, -0.2) is 5.11 Å². The van der Waals surface area contributed by atoms with E-state index in [1.165, 1.54) is 0 Å². The normalized spacial score (nSPS) is 10.9. The molecule has 3 rings (SSSR count). The molecular weight excluding hydrogens is 308 g/mol. The molecule has 0 bridgehead atoms. The van der Waals surface area contributed by atoms with Gasteiger partial charge in [0.05, 0.1) is 0 Å². The number of phenols is 1. The van der Waals surface area contributed by atoms with Crippen LogP contribution in [0.4, 0.5) is 0 Å². The summed E-state index contributed by atoms with van der Waals surface area (Å²) < 4.78 is 5.99. The fourth-order valence-electron chi connectivity index (χ4n) is 2.71. The molecule has 0 spiro atoms. The van der Waals surface area contributed by atoms with Crippen LogP contribution in [0, 0.1) is 6.92 Å². The highest BCUT2D eigenvalue weighted by molar-refractivity contribution is 5.53. The molecule has 0 aliphatic carbocycles. The van der Waals surface area contributed by atoms with Gasteiger partial charge in [0.2, 0.25) is 0 Å². The summed E-state index contributed by atoms with van der Waals surface area (Å²) in [5, 5.41) is 10.4. The molecule has 3 aromatic carbocycles. The van der Waals surface area contributed by atoms with Crippen molar-refractivity contribution in [1.29, 1.82) is 0 Å². The second-order valence-corrected chi connectivity index (χ2v) is 6.05. The predicted molar refractivity (Wildman–Crippen MR) is 103 cm³/mol. The van der Waals surface area contributed by atoms with Crippen molar-refractivity contribution in [2.24, 2.45) is 0 Å². The maximum absolute atomic E-state index is 10.4. The zero-order valence-electron chi connectivity index (χ0n) is 14.4. The number of hydrogen-bond donors (Lipinski definition) is 1. The molecule has 0 fully saturated rings. The van der Waals surface area contributed by atoms with E-state index in [9.17, 15) is 5.11 Å². The molecule has 3 aromatic rings. The van der Waals surface area contributed by atoms with Gasteiger partial charge >= 0.3 is 0 Å². The van der Waals surface area contributed by atoms with Crippen LogP contribution in [0.5, 0.6) is 11.5 Å². The average Bonchev–Trinajstić information content (AvgIpc) is 2.63. The lowest BCUT2D eigenvalue weighted by Crippen LogP contribution is -1.99. The molecule has 2 nitrogen and oxygen atoms in total. The first-order chi connectivity index (χ1) is 12.2. The van der Waals surface area contributed by atoms with Crippen molar-refractivity contribution in [3.8, 4) is 11.5 Å². The molecule has 0 heterocycles. The molecule has 1 N–H and O–H groups in total. The topological polar surface area (TPSA) is 29.5 Å². The Morgan fingerprint density at radius 2 is 1.60 bits per heavy atom. The molecule has 0 aliphatic rings. The number of hydrogen-bond acceptors (Lipinski definition) is 2. The highest BCUT2D eigenvalue weighted by atomic mass is 16.5. The van der Waals surface area contributed by atoms with Crippen LogP contribution in [0.25, 0.3) is 6.08 Å². The number of aryl methyl sites for hydroxylation is 1. The fraction of sp³-hybridized carbons (Fsp3) is 0.130. The molecule has 0 saturated heterocycles. The molecule has 25 heavy (non-hydrogen) atoms. The van der Waals surface area contributed by atoms with E-state index in [-0.39, 0.29) is 5.75 Å². The molecule has 0 unspecified atom stereocenters. The van der Waals surface area contributed by atoms with Gasteiger partial charge in [-0.2, -0.15) is 0 Å². The number of allylic oxidation sites excluding steroid dienone is 1. The van der Waals surface area contributed by atoms with Gasteiger partial charge in [0, 0.05) is 5.56 Å². The van der Waals surface area contributed by atoms with Gasteiger partial charge in [-0.1, -0.05) is 72.8 Å². The van der Waals surface area contributed by atoms with Crippen LogP contribution in [-0.2, 0) is 13.0 Å². The zero-order chi connectivity index (χ0) is 17.5. The first-order valence-corrected chi connectivity index (χ1v) is 8.43. The van der Waals surface area contributed by atoms with E-state index in [0.29, 0.717) is 13.0 Å². The van der Waals surface area contributed by atoms with Gasteiger partial charge in [-0.05, 0) is 42.2 Å². The van der Waals surface area contributed by atoms with E-state index in [2.05, 4.69) is 24.3 Å². The number of benzene rings is 3. The summed E-state index contributed by atoms with van der Waals surface area (Å²) in [5.74, 6) is 1.01. The number of rotatable bonds is 6. The lowest BCUT2D eigenvalue weighted by molar-refractivity contribution is 0.301. The van der Waals surface area contributed by atoms with Gasteiger partial charge in [-0.25, -0.2) is 0 Å². The Labute approximate surface area is 149 Å². The van der Waals surface area contributed by atoms with Crippen LogP contribution < -0.4 is 4.74 Å². The highest BCUT2D eigenvalue weighted by Gasteiger charge is 2.10. The monoisotopic (exact) mass is 330 g/mol. The molecule has 0 aliphatic heterocycles. The minimum Gasteiger partial charge on any atom is -0.508 e. The maximum atomic E-state index is 10.4. The van der Waals surface area contributed by atoms with Crippen LogP contribution in [0.15, 0.2) is 78.9 Å². The summed E-state index contributed by atoms with van der Waals surface area (Å²) in [4.78, 5) is 0. The SMILES string of the molecule is Cc1cc(O)c(C/C=C/c2ccccc2)c(OCc2ccccc2)c1. The van der Waals surface area contributed by atoms with Crippen LogP contribution in [0.1, 0.15) is 22.3 Å². The van der Waals surface area contributed by atoms with Crippen molar-refractivity contribution in [2.45, 2.75) is 20.0 Å². The van der Waals surface area contributed by atoms with Gasteiger partial charge in [-0.3, -0.25) is 0 Å². The highest BCUT2D eigenvalue weighted by Crippen LogP contribution is 2.31. The Kier molecular flexibility index (Phi) is 5.53. The Hall–Kier alpha value is -3.00. The van der Waals surface area contributed by atoms with Crippen LogP contribution in [0.3, 0.4) is 0 Å². The second kappa shape index (κ2) is 8.20. The lowest BCUT2D eigenvalue weighted by Gasteiger charge is -2.13. The summed E-state index contributed by atoms with van der Waals surface area (Å²) in [6, 6.07) is 23.9. The fourth-order valence-corrected chi connectivity index (χ4v) is 2.71. The summed E-state index contributed by atoms with van der Waals surface area (Å²) in [7, 11) is 0. The predicted octanol–water partition coefficient (Wildman–Crippen LogP) is 5.54. The van der Waals surface area contributed by atoms with E-state index in [1.807, 2.05) is 61.5 Å². The summed E-state index contributed by atoms with van der Waals surface area (Å²) in [5.41, 5.74) is 4.04. The summed E-state index contributed by atoms with van der Waals surface area (Å²) in [6.07, 6.45) is 4.72. The van der Waals surface area contributed by atoms with Crippen molar-refractivity contribution in [2.75, 3.05) is 0 Å². The Morgan fingerprint density at radius 3 is 2.32 bits per heavy atom. The Bertz CT molecular complexity index is 837. The zero-order valence-corrected chi connectivity index (χ0v) is 14.4. The minimum atomic E-state index is 0.278. The number of phenolic OH excluding ortho intramolecular Hbond substituents is 1. The molecule has 0 aromatic heterocycles.